The van der Waals surface area contributed by atoms with Crippen molar-refractivity contribution in [2.75, 3.05) is 50.1 Å². The summed E-state index contributed by atoms with van der Waals surface area (Å²) in [4.78, 5) is 23.2. The molecule has 0 spiro atoms. The Balaban J connectivity index is 0.000000209. The molecule has 3 heterocycles. The Kier molecular flexibility index (Phi) is 8.57. The molecule has 1 saturated heterocycles. The van der Waals surface area contributed by atoms with Gasteiger partial charge < -0.3 is 19.7 Å². The van der Waals surface area contributed by atoms with Gasteiger partial charge in [0.2, 0.25) is 12.3 Å². The number of anilines is 2. The van der Waals surface area contributed by atoms with E-state index in [1.807, 2.05) is 12.1 Å². The third-order valence-corrected chi connectivity index (χ3v) is 6.00. The van der Waals surface area contributed by atoms with Crippen LogP contribution in [0.4, 0.5) is 24.5 Å². The fourth-order valence-electron chi connectivity index (χ4n) is 4.09. The van der Waals surface area contributed by atoms with Crippen LogP contribution >= 0.6 is 0 Å². The van der Waals surface area contributed by atoms with Crippen molar-refractivity contribution in [3.8, 4) is 11.6 Å². The third kappa shape index (κ3) is 7.40. The van der Waals surface area contributed by atoms with Gasteiger partial charge >= 0.3 is 6.18 Å². The first-order valence-electron chi connectivity index (χ1n) is 11.8. The lowest BCUT2D eigenvalue weighted by atomic mass is 10.1. The van der Waals surface area contributed by atoms with Gasteiger partial charge in [0, 0.05) is 50.7 Å². The first-order chi connectivity index (χ1) is 17.8. The van der Waals surface area contributed by atoms with Gasteiger partial charge in [0.05, 0.1) is 24.5 Å². The summed E-state index contributed by atoms with van der Waals surface area (Å²) in [6, 6.07) is 12.6. The van der Waals surface area contributed by atoms with Crippen LogP contribution in [-0.2, 0) is 28.7 Å². The van der Waals surface area contributed by atoms with E-state index in [-0.39, 0.29) is 5.69 Å². The molecule has 11 heteroatoms. The number of likely N-dealkylation sites (N-methyl/N-ethyl adjacent to an activating group) is 1. The number of alkyl halides is 3. The van der Waals surface area contributed by atoms with Crippen LogP contribution < -0.4 is 15.0 Å². The monoisotopic (exact) mass is 515 g/mol. The van der Waals surface area contributed by atoms with E-state index < -0.39 is 11.7 Å². The average Bonchev–Trinajstić information content (AvgIpc) is 3.25. The number of carbonyl (C=O) groups excluding carboxylic acids is 1. The molecule has 1 aromatic heterocycles. The maximum Gasteiger partial charge on any atom is 0.416 e. The van der Waals surface area contributed by atoms with Crippen LogP contribution in [0.3, 0.4) is 0 Å². The van der Waals surface area contributed by atoms with Gasteiger partial charge in [-0.15, -0.1) is 0 Å². The maximum absolute atomic E-state index is 12.1. The minimum Gasteiger partial charge on any atom is -0.439 e. The van der Waals surface area contributed by atoms with Gasteiger partial charge in [-0.05, 0) is 48.4 Å². The predicted molar refractivity (Wildman–Crippen MR) is 133 cm³/mol. The predicted octanol–water partition coefficient (Wildman–Crippen LogP) is 4.37. The highest BCUT2D eigenvalue weighted by Gasteiger charge is 2.30. The number of benzene rings is 2. The molecule has 1 fully saturated rings. The molecular weight excluding hydrogens is 487 g/mol. The fourth-order valence-corrected chi connectivity index (χ4v) is 4.09. The lowest BCUT2D eigenvalue weighted by molar-refractivity contribution is -0.137. The Morgan fingerprint density at radius 3 is 2.65 bits per heavy atom. The van der Waals surface area contributed by atoms with E-state index >= 15 is 0 Å². The molecular formula is C26H28F3N5O3. The molecule has 8 nitrogen and oxygen atoms in total. The highest BCUT2D eigenvalue weighted by atomic mass is 19.4. The van der Waals surface area contributed by atoms with E-state index in [0.29, 0.717) is 12.3 Å². The molecule has 196 valence electrons. The zero-order valence-corrected chi connectivity index (χ0v) is 20.4. The van der Waals surface area contributed by atoms with Crippen LogP contribution in [0.1, 0.15) is 16.8 Å². The molecule has 5 rings (SSSR count). The number of fused-ring (bicyclic) bond motifs is 1. The fraction of sp³-hybridized carbons (Fsp3) is 0.346. The largest absolute Gasteiger partial charge is 0.439 e. The Morgan fingerprint density at radius 1 is 1.08 bits per heavy atom. The van der Waals surface area contributed by atoms with E-state index in [9.17, 15) is 18.0 Å². The van der Waals surface area contributed by atoms with Crippen LogP contribution in [-0.4, -0.2) is 61.2 Å². The second-order valence-corrected chi connectivity index (χ2v) is 8.64. The lowest BCUT2D eigenvalue weighted by Gasteiger charge is -2.26. The number of carbonyl (C=O) groups is 1. The molecule has 0 aliphatic carbocycles. The normalized spacial score (nSPS) is 15.4. The minimum absolute atomic E-state index is 0.129. The van der Waals surface area contributed by atoms with Gasteiger partial charge in [-0.1, -0.05) is 6.07 Å². The van der Waals surface area contributed by atoms with Crippen molar-refractivity contribution >= 4 is 17.8 Å². The summed E-state index contributed by atoms with van der Waals surface area (Å²) in [5.74, 6) is 1.43. The molecule has 0 unspecified atom stereocenters. The Labute approximate surface area is 213 Å². The van der Waals surface area contributed by atoms with Crippen LogP contribution in [0.25, 0.3) is 0 Å². The highest BCUT2D eigenvalue weighted by molar-refractivity contribution is 5.71. The summed E-state index contributed by atoms with van der Waals surface area (Å²) in [5.41, 5.74) is 2.95. The zero-order chi connectivity index (χ0) is 26.3. The van der Waals surface area contributed by atoms with Crippen molar-refractivity contribution in [3.05, 3.63) is 71.7 Å². The number of rotatable bonds is 6. The molecule has 1 amide bonds. The molecule has 1 N–H and O–H groups in total. The molecule has 0 radical (unpaired) electrons. The first-order valence-corrected chi connectivity index (χ1v) is 11.8. The Hall–Kier alpha value is -3.70. The number of aromatic nitrogens is 2. The number of morpholine rings is 1. The van der Waals surface area contributed by atoms with Crippen LogP contribution in [0, 0.1) is 0 Å². The Bertz CT molecular complexity index is 1200. The molecule has 0 bridgehead atoms. The smallest absolute Gasteiger partial charge is 0.416 e. The summed E-state index contributed by atoms with van der Waals surface area (Å²) >= 11 is 0. The molecule has 2 aliphatic rings. The highest BCUT2D eigenvalue weighted by Crippen LogP contribution is 2.32. The van der Waals surface area contributed by atoms with E-state index in [2.05, 4.69) is 44.3 Å². The van der Waals surface area contributed by atoms with Crippen LogP contribution in [0.2, 0.25) is 0 Å². The second kappa shape index (κ2) is 12.0. The lowest BCUT2D eigenvalue weighted by Crippen LogP contribution is -2.35. The summed E-state index contributed by atoms with van der Waals surface area (Å²) in [7, 11) is 2.12. The van der Waals surface area contributed by atoms with Gasteiger partial charge in [-0.3, -0.25) is 9.69 Å². The number of amides is 1. The van der Waals surface area contributed by atoms with Crippen LogP contribution in [0.5, 0.6) is 11.6 Å². The van der Waals surface area contributed by atoms with E-state index in [1.54, 1.807) is 6.33 Å². The quantitative estimate of drug-likeness (QED) is 0.489. The zero-order valence-electron chi connectivity index (χ0n) is 20.4. The Morgan fingerprint density at radius 2 is 1.89 bits per heavy atom. The van der Waals surface area contributed by atoms with E-state index in [4.69, 9.17) is 9.47 Å². The number of hydrogen-bond acceptors (Lipinski definition) is 7. The molecule has 37 heavy (non-hydrogen) atoms. The van der Waals surface area contributed by atoms with Crippen molar-refractivity contribution in [1.82, 2.24) is 14.9 Å². The van der Waals surface area contributed by atoms with Gasteiger partial charge in [0.1, 0.15) is 12.1 Å². The number of halogens is 3. The van der Waals surface area contributed by atoms with Gasteiger partial charge in [0.15, 0.2) is 0 Å². The van der Waals surface area contributed by atoms with Crippen molar-refractivity contribution < 1.29 is 27.4 Å². The number of nitrogens with zero attached hydrogens (tertiary/aromatic N) is 4. The minimum atomic E-state index is -4.37. The van der Waals surface area contributed by atoms with Crippen molar-refractivity contribution in [2.45, 2.75) is 19.1 Å². The van der Waals surface area contributed by atoms with Crippen molar-refractivity contribution in [1.29, 1.82) is 0 Å². The molecule has 0 saturated carbocycles. The maximum atomic E-state index is 12.1. The summed E-state index contributed by atoms with van der Waals surface area (Å²) in [6.07, 6.45) is -1.41. The van der Waals surface area contributed by atoms with Crippen molar-refractivity contribution in [2.24, 2.45) is 0 Å². The van der Waals surface area contributed by atoms with Crippen molar-refractivity contribution in [3.63, 3.8) is 0 Å². The number of nitrogens with one attached hydrogen (secondary N) is 1. The SMILES string of the molecule is CN1CCc2cc(Oc3cc(CN4CCOCC4)ncn3)ccc21.O=CNc1cccc(C(F)(F)F)c1. The molecule has 2 aliphatic heterocycles. The third-order valence-electron chi connectivity index (χ3n) is 6.00. The topological polar surface area (TPSA) is 79.8 Å². The average molecular weight is 516 g/mol. The summed E-state index contributed by atoms with van der Waals surface area (Å²) in [5, 5.41) is 2.14. The van der Waals surface area contributed by atoms with Gasteiger partial charge in [0.25, 0.3) is 0 Å². The standard InChI is InChI=1S/C18H22N4O2.C8H6F3NO/c1-21-5-4-14-10-16(2-3-17(14)21)24-18-11-15(19-13-20-18)12-22-6-8-23-9-7-22;9-8(10,11)6-2-1-3-7(4-6)12-5-13/h2-3,10-11,13H,4-9,12H2,1H3;1-5H,(H,12,13). The van der Waals surface area contributed by atoms with Crippen LogP contribution in [0.15, 0.2) is 54.9 Å². The van der Waals surface area contributed by atoms with Gasteiger partial charge in [-0.25, -0.2) is 9.97 Å². The number of hydrogen-bond donors (Lipinski definition) is 1. The molecule has 0 atom stereocenters. The molecule has 3 aromatic rings. The number of ether oxygens (including phenoxy) is 2. The van der Waals surface area contributed by atoms with E-state index in [1.165, 1.54) is 23.4 Å². The summed E-state index contributed by atoms with van der Waals surface area (Å²) in [6.45, 7) is 5.33. The van der Waals surface area contributed by atoms with Gasteiger partial charge in [-0.2, -0.15) is 13.2 Å². The van der Waals surface area contributed by atoms with E-state index in [0.717, 1.165) is 69.4 Å². The molecule has 2 aromatic carbocycles. The summed E-state index contributed by atoms with van der Waals surface area (Å²) < 4.78 is 47.6. The second-order valence-electron chi connectivity index (χ2n) is 8.64. The first kappa shape index (κ1) is 26.4.